The van der Waals surface area contributed by atoms with E-state index in [1.165, 1.54) is 5.56 Å². The van der Waals surface area contributed by atoms with Crippen LogP contribution in [0, 0.1) is 12.3 Å². The van der Waals surface area contributed by atoms with Crippen LogP contribution < -0.4 is 5.73 Å². The molecule has 2 N–H and O–H groups in total. The molecule has 2 nitrogen and oxygen atoms in total. The van der Waals surface area contributed by atoms with Crippen LogP contribution in [0.25, 0.3) is 0 Å². The summed E-state index contributed by atoms with van der Waals surface area (Å²) in [5.41, 5.74) is 7.37. The fourth-order valence-corrected chi connectivity index (χ4v) is 2.46. The van der Waals surface area contributed by atoms with Gasteiger partial charge < -0.3 is 10.2 Å². The molecule has 3 heteroatoms. The summed E-state index contributed by atoms with van der Waals surface area (Å²) in [6, 6.07) is 2.24. The molecule has 1 fully saturated rings. The zero-order chi connectivity index (χ0) is 9.80. The van der Waals surface area contributed by atoms with E-state index in [4.69, 9.17) is 10.2 Å². The van der Waals surface area contributed by atoms with Crippen molar-refractivity contribution in [2.24, 2.45) is 11.1 Å². The maximum Gasteiger partial charge on any atom is 0.169 e. The van der Waals surface area contributed by atoms with Crippen molar-refractivity contribution in [3.63, 3.8) is 0 Å². The molecule has 72 valence electrons. The molecule has 0 spiro atoms. The van der Waals surface area contributed by atoms with Gasteiger partial charge >= 0.3 is 0 Å². The lowest BCUT2D eigenvalue weighted by molar-refractivity contribution is 0.462. The Bertz CT molecular complexity index is 343. The van der Waals surface area contributed by atoms with Crippen LogP contribution in [0.2, 0.25) is 0 Å². The van der Waals surface area contributed by atoms with Gasteiger partial charge in [-0.2, -0.15) is 0 Å². The molecule has 1 aromatic heterocycles. The van der Waals surface area contributed by atoms with Crippen molar-refractivity contribution in [1.82, 2.24) is 0 Å². The van der Waals surface area contributed by atoms with Gasteiger partial charge in [0, 0.05) is 12.0 Å². The summed E-state index contributed by atoms with van der Waals surface area (Å²) in [7, 11) is 0. The van der Waals surface area contributed by atoms with Crippen LogP contribution >= 0.6 is 15.9 Å². The van der Waals surface area contributed by atoms with E-state index in [9.17, 15) is 0 Å². The number of halogens is 1. The predicted octanol–water partition coefficient (Wildman–Crippen LogP) is 2.80. The SMILES string of the molecule is Cc1cc(Br)oc1[C@H]1[C@H](N)C1(C)C. The number of hydrogen-bond acceptors (Lipinski definition) is 2. The van der Waals surface area contributed by atoms with Gasteiger partial charge in [-0.25, -0.2) is 0 Å². The van der Waals surface area contributed by atoms with Gasteiger partial charge in [-0.05, 0) is 39.9 Å². The Morgan fingerprint density at radius 3 is 2.38 bits per heavy atom. The molecule has 13 heavy (non-hydrogen) atoms. The van der Waals surface area contributed by atoms with E-state index in [0.29, 0.717) is 5.92 Å². The summed E-state index contributed by atoms with van der Waals surface area (Å²) in [4.78, 5) is 0. The Morgan fingerprint density at radius 1 is 1.54 bits per heavy atom. The van der Waals surface area contributed by atoms with Crippen LogP contribution in [0.1, 0.15) is 31.1 Å². The van der Waals surface area contributed by atoms with Crippen molar-refractivity contribution in [3.05, 3.63) is 22.1 Å². The lowest BCUT2D eigenvalue weighted by Crippen LogP contribution is -2.06. The smallest absolute Gasteiger partial charge is 0.169 e. The van der Waals surface area contributed by atoms with Gasteiger partial charge in [-0.3, -0.25) is 0 Å². The summed E-state index contributed by atoms with van der Waals surface area (Å²) in [6.07, 6.45) is 0. The number of furan rings is 1. The zero-order valence-electron chi connectivity index (χ0n) is 8.10. The van der Waals surface area contributed by atoms with Crippen LogP contribution in [0.4, 0.5) is 0 Å². The summed E-state index contributed by atoms with van der Waals surface area (Å²) in [5.74, 6) is 1.43. The second kappa shape index (κ2) is 2.61. The van der Waals surface area contributed by atoms with Crippen LogP contribution in [0.15, 0.2) is 15.2 Å². The minimum Gasteiger partial charge on any atom is -0.454 e. The summed E-state index contributed by atoms with van der Waals surface area (Å²) in [5, 5.41) is 0. The minimum atomic E-state index is 0.196. The van der Waals surface area contributed by atoms with Gasteiger partial charge in [0.05, 0.1) is 0 Å². The Balaban J connectivity index is 2.34. The molecule has 1 heterocycles. The highest BCUT2D eigenvalue weighted by Crippen LogP contribution is 2.58. The largest absolute Gasteiger partial charge is 0.454 e. The van der Waals surface area contributed by atoms with Gasteiger partial charge in [0.25, 0.3) is 0 Å². The van der Waals surface area contributed by atoms with Crippen LogP contribution in [-0.4, -0.2) is 6.04 Å². The maximum atomic E-state index is 5.98. The van der Waals surface area contributed by atoms with Crippen LogP contribution in [0.3, 0.4) is 0 Å². The maximum absolute atomic E-state index is 5.98. The molecule has 0 bridgehead atoms. The zero-order valence-corrected chi connectivity index (χ0v) is 9.68. The van der Waals surface area contributed by atoms with Crippen molar-refractivity contribution in [2.75, 3.05) is 0 Å². The van der Waals surface area contributed by atoms with Gasteiger partial charge in [-0.15, -0.1) is 0 Å². The molecular weight excluding hydrogens is 230 g/mol. The van der Waals surface area contributed by atoms with Crippen molar-refractivity contribution < 1.29 is 4.42 Å². The molecule has 0 aliphatic heterocycles. The summed E-state index contributed by atoms with van der Waals surface area (Å²) in [6.45, 7) is 6.42. The third kappa shape index (κ3) is 1.25. The minimum absolute atomic E-state index is 0.196. The highest BCUT2D eigenvalue weighted by molar-refractivity contribution is 9.10. The molecule has 2 atom stereocenters. The first-order valence-corrected chi connectivity index (χ1v) is 5.25. The van der Waals surface area contributed by atoms with Crippen molar-refractivity contribution in [1.29, 1.82) is 0 Å². The Hall–Kier alpha value is -0.280. The van der Waals surface area contributed by atoms with Crippen molar-refractivity contribution >= 4 is 15.9 Å². The van der Waals surface area contributed by atoms with E-state index >= 15 is 0 Å². The summed E-state index contributed by atoms with van der Waals surface area (Å²) >= 11 is 3.33. The highest BCUT2D eigenvalue weighted by Gasteiger charge is 2.58. The summed E-state index contributed by atoms with van der Waals surface area (Å²) < 4.78 is 6.38. The molecule has 0 amide bonds. The second-order valence-electron chi connectivity index (χ2n) is 4.42. The molecule has 0 unspecified atom stereocenters. The van der Waals surface area contributed by atoms with Gasteiger partial charge in [0.15, 0.2) is 4.67 Å². The number of nitrogens with two attached hydrogens (primary N) is 1. The molecular formula is C10H14BrNO. The van der Waals surface area contributed by atoms with E-state index < -0.39 is 0 Å². The fourth-order valence-electron chi connectivity index (χ4n) is 1.94. The molecule has 2 rings (SSSR count). The highest BCUT2D eigenvalue weighted by atomic mass is 79.9. The third-order valence-electron chi connectivity index (χ3n) is 3.12. The Kier molecular flexibility index (Phi) is 1.86. The first-order valence-electron chi connectivity index (χ1n) is 4.46. The van der Waals surface area contributed by atoms with E-state index in [1.807, 2.05) is 6.07 Å². The monoisotopic (exact) mass is 243 g/mol. The normalized spacial score (nSPS) is 30.5. The Morgan fingerprint density at radius 2 is 2.08 bits per heavy atom. The van der Waals surface area contributed by atoms with Crippen LogP contribution in [0.5, 0.6) is 0 Å². The number of hydrogen-bond donors (Lipinski definition) is 1. The first kappa shape index (κ1) is 9.28. The fraction of sp³-hybridized carbons (Fsp3) is 0.600. The van der Waals surface area contributed by atoms with E-state index in [-0.39, 0.29) is 11.5 Å². The molecule has 1 aliphatic rings. The molecule has 0 aromatic carbocycles. The van der Waals surface area contributed by atoms with E-state index in [1.54, 1.807) is 0 Å². The third-order valence-corrected chi connectivity index (χ3v) is 3.51. The first-order chi connectivity index (χ1) is 5.94. The number of rotatable bonds is 1. The Labute approximate surface area is 86.6 Å². The van der Waals surface area contributed by atoms with Gasteiger partial charge in [0.1, 0.15) is 5.76 Å². The van der Waals surface area contributed by atoms with Gasteiger partial charge in [0.2, 0.25) is 0 Å². The quantitative estimate of drug-likeness (QED) is 0.824. The van der Waals surface area contributed by atoms with Crippen molar-refractivity contribution in [3.8, 4) is 0 Å². The molecule has 1 saturated carbocycles. The average molecular weight is 244 g/mol. The lowest BCUT2D eigenvalue weighted by atomic mass is 10.1. The average Bonchev–Trinajstić information content (AvgIpc) is 2.36. The molecule has 1 aliphatic carbocycles. The topological polar surface area (TPSA) is 39.2 Å². The molecule has 0 saturated heterocycles. The number of aryl methyl sites for hydroxylation is 1. The lowest BCUT2D eigenvalue weighted by Gasteiger charge is -1.99. The standard InChI is InChI=1S/C10H14BrNO/c1-5-4-6(11)13-8(5)7-9(12)10(7,2)3/h4,7,9H,12H2,1-3H3/t7-,9-/m0/s1. The van der Waals surface area contributed by atoms with Gasteiger partial charge in [-0.1, -0.05) is 13.8 Å². The van der Waals surface area contributed by atoms with Crippen molar-refractivity contribution in [2.45, 2.75) is 32.7 Å². The predicted molar refractivity (Wildman–Crippen MR) is 55.6 cm³/mol. The van der Waals surface area contributed by atoms with Crippen LogP contribution in [-0.2, 0) is 0 Å². The second-order valence-corrected chi connectivity index (χ2v) is 5.20. The van der Waals surface area contributed by atoms with E-state index in [0.717, 1.165) is 10.4 Å². The molecule has 1 aromatic rings. The van der Waals surface area contributed by atoms with E-state index in [2.05, 4.69) is 36.7 Å². The molecule has 0 radical (unpaired) electrons.